The van der Waals surface area contributed by atoms with Crippen molar-refractivity contribution in [1.82, 2.24) is 15.1 Å². The second-order valence-electron chi connectivity index (χ2n) is 6.45. The van der Waals surface area contributed by atoms with Gasteiger partial charge in [0.25, 0.3) is 0 Å². The van der Waals surface area contributed by atoms with E-state index in [1.54, 1.807) is 7.05 Å². The number of nitrogens with zero attached hydrogens (tertiary/aromatic N) is 2. The molecule has 0 aliphatic heterocycles. The molecule has 0 unspecified atom stereocenters. The van der Waals surface area contributed by atoms with Gasteiger partial charge < -0.3 is 10.2 Å². The first-order valence-electron chi connectivity index (χ1n) is 8.05. The van der Waals surface area contributed by atoms with Gasteiger partial charge in [-0.3, -0.25) is 9.82 Å². The molecule has 1 aromatic carbocycles. The van der Waals surface area contributed by atoms with Crippen LogP contribution in [-0.2, 0) is 16.6 Å². The van der Waals surface area contributed by atoms with Gasteiger partial charge in [-0.05, 0) is 37.1 Å². The van der Waals surface area contributed by atoms with Crippen LogP contribution in [0, 0.1) is 5.82 Å². The molecule has 2 aromatic rings. The summed E-state index contributed by atoms with van der Waals surface area (Å²) in [5.41, 5.74) is 1.84. The Hall–Kier alpha value is -2.62. The van der Waals surface area contributed by atoms with E-state index in [4.69, 9.17) is 0 Å². The van der Waals surface area contributed by atoms with Crippen LogP contribution in [0.2, 0.25) is 0 Å². The van der Waals surface area contributed by atoms with Crippen molar-refractivity contribution < 1.29 is 17.6 Å². The third-order valence-corrected chi connectivity index (χ3v) is 4.52. The zero-order valence-corrected chi connectivity index (χ0v) is 15.2. The molecule has 26 heavy (non-hydrogen) atoms. The number of aromatic nitrogens is 2. The van der Waals surface area contributed by atoms with Gasteiger partial charge in [0.05, 0.1) is 35.6 Å². The molecule has 0 saturated heterocycles. The molecule has 2 amide bonds. The Labute approximate surface area is 150 Å². The van der Waals surface area contributed by atoms with Gasteiger partial charge in [0.15, 0.2) is 0 Å². The summed E-state index contributed by atoms with van der Waals surface area (Å²) in [4.78, 5) is 13.7. The number of urea groups is 1. The Morgan fingerprint density at radius 1 is 1.38 bits per heavy atom. The second-order valence-corrected chi connectivity index (χ2v) is 8.20. The highest BCUT2D eigenvalue weighted by atomic mass is 32.2. The summed E-state index contributed by atoms with van der Waals surface area (Å²) in [5, 5.41) is 9.57. The Morgan fingerprint density at radius 2 is 2.12 bits per heavy atom. The van der Waals surface area contributed by atoms with E-state index in [2.05, 4.69) is 20.2 Å². The topological polar surface area (TPSA) is 107 Å². The number of halogens is 1. The number of hydrogen-bond donors (Lipinski definition) is 3. The lowest BCUT2D eigenvalue weighted by molar-refractivity contribution is 0.220. The molecule has 1 saturated carbocycles. The number of hydrogen-bond acceptors (Lipinski definition) is 4. The van der Waals surface area contributed by atoms with E-state index >= 15 is 0 Å². The molecule has 1 heterocycles. The fourth-order valence-corrected chi connectivity index (χ4v) is 3.04. The van der Waals surface area contributed by atoms with Crippen LogP contribution < -0.4 is 10.0 Å². The fraction of sp³-hybridized carbons (Fsp3) is 0.375. The van der Waals surface area contributed by atoms with Crippen LogP contribution in [0.1, 0.15) is 30.1 Å². The predicted octanol–water partition coefficient (Wildman–Crippen LogP) is 2.46. The largest absolute Gasteiger partial charge is 0.322 e. The van der Waals surface area contributed by atoms with Gasteiger partial charge in [-0.25, -0.2) is 17.6 Å². The molecule has 0 spiro atoms. The molecule has 10 heteroatoms. The minimum Gasteiger partial charge on any atom is -0.322 e. The van der Waals surface area contributed by atoms with Gasteiger partial charge in [0.1, 0.15) is 5.82 Å². The van der Waals surface area contributed by atoms with Crippen molar-refractivity contribution in [3.05, 3.63) is 41.5 Å². The normalized spacial score (nSPS) is 14.1. The Bertz CT molecular complexity index is 924. The Morgan fingerprint density at radius 3 is 2.77 bits per heavy atom. The number of anilines is 2. The van der Waals surface area contributed by atoms with Gasteiger partial charge in [-0.15, -0.1) is 0 Å². The number of H-pyrrole nitrogens is 1. The third-order valence-electron chi connectivity index (χ3n) is 3.91. The maximum atomic E-state index is 13.9. The van der Waals surface area contributed by atoms with Crippen LogP contribution in [0.3, 0.4) is 0 Å². The van der Waals surface area contributed by atoms with E-state index < -0.39 is 21.9 Å². The minimum absolute atomic E-state index is 0.112. The number of amides is 2. The highest BCUT2D eigenvalue weighted by Gasteiger charge is 2.26. The van der Waals surface area contributed by atoms with Crippen LogP contribution in [0.15, 0.2) is 24.3 Å². The van der Waals surface area contributed by atoms with Crippen molar-refractivity contribution in [1.29, 1.82) is 0 Å². The molecule has 8 nitrogen and oxygen atoms in total. The average Bonchev–Trinajstić information content (AvgIpc) is 3.29. The summed E-state index contributed by atoms with van der Waals surface area (Å²) in [6.07, 6.45) is 3.26. The van der Waals surface area contributed by atoms with Gasteiger partial charge in [0, 0.05) is 13.0 Å². The van der Waals surface area contributed by atoms with E-state index in [-0.39, 0.29) is 17.9 Å². The molecule has 1 aliphatic rings. The molecular formula is C16H20FN5O3S. The summed E-state index contributed by atoms with van der Waals surface area (Å²) in [6, 6.07) is 4.99. The smallest absolute Gasteiger partial charge is 0.322 e. The molecule has 1 aromatic heterocycles. The lowest BCUT2D eigenvalue weighted by atomic mass is 10.2. The zero-order chi connectivity index (χ0) is 18.9. The number of carbonyl (C=O) groups excluding carboxylic acids is 1. The van der Waals surface area contributed by atoms with Crippen LogP contribution in [-0.4, -0.2) is 42.8 Å². The molecule has 0 radical (unpaired) electrons. The van der Waals surface area contributed by atoms with Gasteiger partial charge in [0.2, 0.25) is 10.0 Å². The summed E-state index contributed by atoms with van der Waals surface area (Å²) in [5.74, 6) is -0.151. The van der Waals surface area contributed by atoms with Crippen LogP contribution in [0.25, 0.3) is 0 Å². The quantitative estimate of drug-likeness (QED) is 0.714. The van der Waals surface area contributed by atoms with Crippen LogP contribution >= 0.6 is 0 Å². The number of nitrogens with one attached hydrogen (secondary N) is 3. The van der Waals surface area contributed by atoms with Crippen LogP contribution in [0.5, 0.6) is 0 Å². The van der Waals surface area contributed by atoms with E-state index in [0.717, 1.165) is 36.6 Å². The van der Waals surface area contributed by atoms with E-state index in [1.807, 2.05) is 6.07 Å². The van der Waals surface area contributed by atoms with Gasteiger partial charge in [-0.2, -0.15) is 5.10 Å². The monoisotopic (exact) mass is 381 g/mol. The molecular weight excluding hydrogens is 361 g/mol. The van der Waals surface area contributed by atoms with Crippen molar-refractivity contribution in [3.8, 4) is 0 Å². The predicted molar refractivity (Wildman–Crippen MR) is 95.9 cm³/mol. The molecule has 3 N–H and O–H groups in total. The fourth-order valence-electron chi connectivity index (χ4n) is 2.49. The van der Waals surface area contributed by atoms with E-state index in [0.29, 0.717) is 5.92 Å². The van der Waals surface area contributed by atoms with Gasteiger partial charge >= 0.3 is 6.03 Å². The van der Waals surface area contributed by atoms with E-state index in [9.17, 15) is 17.6 Å². The maximum absolute atomic E-state index is 13.9. The average molecular weight is 381 g/mol. The Balaban J connectivity index is 1.65. The molecule has 140 valence electrons. The lowest BCUT2D eigenvalue weighted by Crippen LogP contribution is -2.31. The first-order chi connectivity index (χ1) is 12.2. The first kappa shape index (κ1) is 18.2. The Kier molecular flexibility index (Phi) is 4.86. The molecule has 3 rings (SSSR count). The summed E-state index contributed by atoms with van der Waals surface area (Å²) in [7, 11) is -1.93. The number of rotatable bonds is 6. The van der Waals surface area contributed by atoms with Gasteiger partial charge in [-0.1, -0.05) is 0 Å². The summed E-state index contributed by atoms with van der Waals surface area (Å²) >= 11 is 0. The molecule has 0 atom stereocenters. The molecule has 1 fully saturated rings. The van der Waals surface area contributed by atoms with Crippen molar-refractivity contribution >= 4 is 27.4 Å². The van der Waals surface area contributed by atoms with Crippen LogP contribution in [0.4, 0.5) is 20.6 Å². The first-order valence-corrected chi connectivity index (χ1v) is 9.94. The summed E-state index contributed by atoms with van der Waals surface area (Å²) in [6.45, 7) is 0.286. The maximum Gasteiger partial charge on any atom is 0.322 e. The summed E-state index contributed by atoms with van der Waals surface area (Å²) < 4.78 is 38.7. The number of carbonyl (C=O) groups is 1. The molecule has 0 bridgehead atoms. The zero-order valence-electron chi connectivity index (χ0n) is 14.4. The highest BCUT2D eigenvalue weighted by molar-refractivity contribution is 7.92. The highest BCUT2D eigenvalue weighted by Crippen LogP contribution is 2.39. The minimum atomic E-state index is -3.50. The van der Waals surface area contributed by atoms with Crippen molar-refractivity contribution in [3.63, 3.8) is 0 Å². The lowest BCUT2D eigenvalue weighted by Gasteiger charge is -2.17. The van der Waals surface area contributed by atoms with Crippen molar-refractivity contribution in [2.45, 2.75) is 25.3 Å². The standard InChI is InChI=1S/C16H20FN5O3S/c1-22(9-12-8-14(20-19-12)10-3-4-10)16(23)18-15-7-11(5-6-13(15)17)21-26(2,24)25/h5-8,10,21H,3-4,9H2,1-2H3,(H,18,23)(H,19,20). The van der Waals surface area contributed by atoms with E-state index in [1.165, 1.54) is 17.0 Å². The number of benzene rings is 1. The second kappa shape index (κ2) is 6.94. The number of aromatic amines is 1. The molecule has 1 aliphatic carbocycles. The SMILES string of the molecule is CN(Cc1cc(C2CC2)n[nH]1)C(=O)Nc1cc(NS(C)(=O)=O)ccc1F. The van der Waals surface area contributed by atoms with Crippen molar-refractivity contribution in [2.75, 3.05) is 23.3 Å². The number of sulfonamides is 1. The third kappa shape index (κ3) is 4.72. The van der Waals surface area contributed by atoms with Crippen molar-refractivity contribution in [2.24, 2.45) is 0 Å².